The first kappa shape index (κ1) is 6.46. The maximum absolute atomic E-state index is 5.51. The first-order valence-electron chi connectivity index (χ1n) is 3.72. The minimum absolute atomic E-state index is 0.415. The zero-order valence-electron chi connectivity index (χ0n) is 6.16. The number of ether oxygens (including phenoxy) is 1. The van der Waals surface area contributed by atoms with Crippen LogP contribution in [0.2, 0.25) is 0 Å². The highest BCUT2D eigenvalue weighted by Gasteiger charge is 2.23. The highest BCUT2D eigenvalue weighted by atomic mass is 16.5. The Morgan fingerprint density at radius 1 is 1.45 bits per heavy atom. The number of rotatable bonds is 2. The molecule has 1 fully saturated rings. The molecule has 58 valence electrons. The lowest BCUT2D eigenvalue weighted by Gasteiger charge is -2.02. The van der Waals surface area contributed by atoms with Crippen LogP contribution in [0.4, 0.5) is 5.69 Å². The molecule has 1 aliphatic rings. The van der Waals surface area contributed by atoms with Crippen molar-refractivity contribution in [3.63, 3.8) is 0 Å². The Kier molecular flexibility index (Phi) is 1.42. The van der Waals surface area contributed by atoms with Crippen LogP contribution in [0.25, 0.3) is 0 Å². The Hall–Kier alpha value is -1.25. The Morgan fingerprint density at radius 3 is 2.91 bits per heavy atom. The van der Waals surface area contributed by atoms with E-state index in [0.29, 0.717) is 11.8 Å². The second-order valence-electron chi connectivity index (χ2n) is 2.77. The predicted octanol–water partition coefficient (Wildman–Crippen LogP) is 1.21. The van der Waals surface area contributed by atoms with Gasteiger partial charge in [0.25, 0.3) is 0 Å². The van der Waals surface area contributed by atoms with Crippen molar-refractivity contribution in [1.29, 1.82) is 0 Å². The number of aromatic nitrogens is 1. The summed E-state index contributed by atoms with van der Waals surface area (Å²) in [6, 6.07) is 1.80. The monoisotopic (exact) mass is 150 g/mol. The molecule has 0 aromatic carbocycles. The van der Waals surface area contributed by atoms with Gasteiger partial charge in [-0.3, -0.25) is 4.98 Å². The third-order valence-corrected chi connectivity index (χ3v) is 1.56. The van der Waals surface area contributed by atoms with Gasteiger partial charge in [0.05, 0.1) is 24.2 Å². The van der Waals surface area contributed by atoms with Gasteiger partial charge in [0.1, 0.15) is 5.75 Å². The van der Waals surface area contributed by atoms with Gasteiger partial charge in [-0.1, -0.05) is 0 Å². The summed E-state index contributed by atoms with van der Waals surface area (Å²) in [5.41, 5.74) is 6.17. The molecule has 3 heteroatoms. The van der Waals surface area contributed by atoms with E-state index in [1.807, 2.05) is 0 Å². The summed E-state index contributed by atoms with van der Waals surface area (Å²) in [5, 5.41) is 0. The highest BCUT2D eigenvalue weighted by molar-refractivity contribution is 5.40. The summed E-state index contributed by atoms with van der Waals surface area (Å²) in [6.07, 6.45) is 6.04. The molecule has 0 radical (unpaired) electrons. The maximum atomic E-state index is 5.51. The summed E-state index contributed by atoms with van der Waals surface area (Å²) in [5.74, 6) is 0.785. The standard InChI is InChI=1S/C8H10N2O/c9-6-3-8(5-10-4-6)11-7-1-2-7/h3-5,7H,1-2,9H2. The van der Waals surface area contributed by atoms with Crippen LogP contribution in [-0.4, -0.2) is 11.1 Å². The van der Waals surface area contributed by atoms with Crippen molar-refractivity contribution in [2.24, 2.45) is 0 Å². The quantitative estimate of drug-likeness (QED) is 0.689. The zero-order valence-corrected chi connectivity index (χ0v) is 6.16. The van der Waals surface area contributed by atoms with Crippen molar-refractivity contribution in [1.82, 2.24) is 4.98 Å². The Balaban J connectivity index is 2.10. The molecule has 1 saturated carbocycles. The molecule has 0 aliphatic heterocycles. The molecule has 2 N–H and O–H groups in total. The number of hydrogen-bond donors (Lipinski definition) is 1. The van der Waals surface area contributed by atoms with Gasteiger partial charge in [0.2, 0.25) is 0 Å². The van der Waals surface area contributed by atoms with Gasteiger partial charge in [-0.05, 0) is 12.8 Å². The van der Waals surface area contributed by atoms with Gasteiger partial charge in [-0.25, -0.2) is 0 Å². The SMILES string of the molecule is Nc1cncc(OC2CC2)c1. The highest BCUT2D eigenvalue weighted by Crippen LogP contribution is 2.26. The molecule has 0 atom stereocenters. The second-order valence-corrected chi connectivity index (χ2v) is 2.77. The third-order valence-electron chi connectivity index (χ3n) is 1.56. The van der Waals surface area contributed by atoms with Crippen molar-refractivity contribution in [3.8, 4) is 5.75 Å². The van der Waals surface area contributed by atoms with E-state index in [-0.39, 0.29) is 0 Å². The first-order chi connectivity index (χ1) is 5.34. The van der Waals surface area contributed by atoms with Crippen LogP contribution in [0.5, 0.6) is 5.75 Å². The summed E-state index contributed by atoms with van der Waals surface area (Å²) < 4.78 is 5.46. The number of hydrogen-bond acceptors (Lipinski definition) is 3. The topological polar surface area (TPSA) is 48.1 Å². The van der Waals surface area contributed by atoms with Crippen LogP contribution in [0.1, 0.15) is 12.8 Å². The molecule has 2 rings (SSSR count). The van der Waals surface area contributed by atoms with E-state index in [1.54, 1.807) is 18.5 Å². The van der Waals surface area contributed by atoms with E-state index in [2.05, 4.69) is 4.98 Å². The fourth-order valence-electron chi connectivity index (χ4n) is 0.878. The smallest absolute Gasteiger partial charge is 0.140 e. The molecule has 11 heavy (non-hydrogen) atoms. The molecular formula is C8H10N2O. The van der Waals surface area contributed by atoms with Crippen LogP contribution in [-0.2, 0) is 0 Å². The molecule has 0 saturated heterocycles. The normalized spacial score (nSPS) is 16.4. The average Bonchev–Trinajstić information content (AvgIpc) is 2.71. The van der Waals surface area contributed by atoms with Crippen molar-refractivity contribution in [2.75, 3.05) is 5.73 Å². The average molecular weight is 150 g/mol. The van der Waals surface area contributed by atoms with Gasteiger partial charge in [-0.2, -0.15) is 0 Å². The van der Waals surface area contributed by atoms with Crippen LogP contribution in [0.15, 0.2) is 18.5 Å². The Bertz CT molecular complexity index is 258. The van der Waals surface area contributed by atoms with Gasteiger partial charge < -0.3 is 10.5 Å². The maximum Gasteiger partial charge on any atom is 0.140 e. The summed E-state index contributed by atoms with van der Waals surface area (Å²) >= 11 is 0. The summed E-state index contributed by atoms with van der Waals surface area (Å²) in [6.45, 7) is 0. The van der Waals surface area contributed by atoms with E-state index in [9.17, 15) is 0 Å². The van der Waals surface area contributed by atoms with E-state index in [0.717, 1.165) is 18.6 Å². The third kappa shape index (κ3) is 1.61. The van der Waals surface area contributed by atoms with Crippen molar-refractivity contribution >= 4 is 5.69 Å². The fraction of sp³-hybridized carbons (Fsp3) is 0.375. The molecule has 1 aliphatic carbocycles. The van der Waals surface area contributed by atoms with Gasteiger partial charge in [-0.15, -0.1) is 0 Å². The van der Waals surface area contributed by atoms with E-state index >= 15 is 0 Å². The van der Waals surface area contributed by atoms with E-state index < -0.39 is 0 Å². The van der Waals surface area contributed by atoms with Crippen molar-refractivity contribution in [3.05, 3.63) is 18.5 Å². The largest absolute Gasteiger partial charge is 0.489 e. The number of nitrogens with zero attached hydrogens (tertiary/aromatic N) is 1. The second kappa shape index (κ2) is 2.42. The van der Waals surface area contributed by atoms with Gasteiger partial charge in [0.15, 0.2) is 0 Å². The van der Waals surface area contributed by atoms with Crippen LogP contribution < -0.4 is 10.5 Å². The van der Waals surface area contributed by atoms with Gasteiger partial charge >= 0.3 is 0 Å². The van der Waals surface area contributed by atoms with Crippen molar-refractivity contribution < 1.29 is 4.74 Å². The lowest BCUT2D eigenvalue weighted by atomic mass is 10.4. The number of nitrogens with two attached hydrogens (primary N) is 1. The Morgan fingerprint density at radius 2 is 2.27 bits per heavy atom. The predicted molar refractivity (Wildman–Crippen MR) is 42.3 cm³/mol. The van der Waals surface area contributed by atoms with E-state index in [1.165, 1.54) is 0 Å². The fourth-order valence-corrected chi connectivity index (χ4v) is 0.878. The van der Waals surface area contributed by atoms with Crippen LogP contribution in [0.3, 0.4) is 0 Å². The number of pyridine rings is 1. The lowest BCUT2D eigenvalue weighted by Crippen LogP contribution is -1.97. The molecule has 3 nitrogen and oxygen atoms in total. The minimum Gasteiger partial charge on any atom is -0.489 e. The Labute approximate surface area is 65.2 Å². The van der Waals surface area contributed by atoms with Crippen molar-refractivity contribution in [2.45, 2.75) is 18.9 Å². The first-order valence-corrected chi connectivity index (χ1v) is 3.72. The lowest BCUT2D eigenvalue weighted by molar-refractivity contribution is 0.302. The molecule has 0 bridgehead atoms. The van der Waals surface area contributed by atoms with Gasteiger partial charge in [0, 0.05) is 6.07 Å². The minimum atomic E-state index is 0.415. The van der Waals surface area contributed by atoms with Crippen LogP contribution in [0, 0.1) is 0 Å². The number of nitrogen functional groups attached to an aromatic ring is 1. The number of anilines is 1. The molecule has 1 aromatic rings. The molecule has 0 amide bonds. The van der Waals surface area contributed by atoms with Crippen LogP contribution >= 0.6 is 0 Å². The summed E-state index contributed by atoms with van der Waals surface area (Å²) in [7, 11) is 0. The summed E-state index contributed by atoms with van der Waals surface area (Å²) in [4.78, 5) is 3.92. The zero-order chi connectivity index (χ0) is 7.68. The van der Waals surface area contributed by atoms with E-state index in [4.69, 9.17) is 10.5 Å². The molecular weight excluding hydrogens is 140 g/mol. The molecule has 0 unspecified atom stereocenters. The molecule has 0 spiro atoms. The molecule has 1 heterocycles. The molecule has 1 aromatic heterocycles.